The molecule has 31 heavy (non-hydrogen) atoms. The largest absolute Gasteiger partial charge is 0.492 e. The number of hydrogen-bond acceptors (Lipinski definition) is 6. The summed E-state index contributed by atoms with van der Waals surface area (Å²) in [5.41, 5.74) is 3.96. The number of benzene rings is 2. The smallest absolute Gasteiger partial charge is 0.151 e. The van der Waals surface area contributed by atoms with Crippen LogP contribution in [-0.4, -0.2) is 58.2 Å². The molecule has 3 aromatic rings. The molecular formula is C24H27N3O3S. The number of sulfone groups is 1. The molecule has 2 aromatic carbocycles. The van der Waals surface area contributed by atoms with Crippen LogP contribution in [0.3, 0.4) is 0 Å². The van der Waals surface area contributed by atoms with E-state index in [9.17, 15) is 8.42 Å². The molecule has 2 aliphatic heterocycles. The van der Waals surface area contributed by atoms with E-state index in [4.69, 9.17) is 9.72 Å². The van der Waals surface area contributed by atoms with Crippen molar-refractivity contribution in [1.82, 2.24) is 10.3 Å². The highest BCUT2D eigenvalue weighted by Crippen LogP contribution is 2.44. The number of fused-ring (bicyclic) bond motifs is 1. The van der Waals surface area contributed by atoms with Crippen molar-refractivity contribution >= 4 is 26.4 Å². The number of aromatic nitrogens is 1. The van der Waals surface area contributed by atoms with E-state index in [1.165, 1.54) is 0 Å². The summed E-state index contributed by atoms with van der Waals surface area (Å²) in [5.74, 6) is 1.48. The van der Waals surface area contributed by atoms with Crippen molar-refractivity contribution in [2.24, 2.45) is 5.41 Å². The molecule has 0 radical (unpaired) electrons. The van der Waals surface area contributed by atoms with Gasteiger partial charge < -0.3 is 15.0 Å². The summed E-state index contributed by atoms with van der Waals surface area (Å²) < 4.78 is 29.4. The third-order valence-electron chi connectivity index (χ3n) is 6.30. The number of hydrogen-bond donors (Lipinski definition) is 1. The van der Waals surface area contributed by atoms with Gasteiger partial charge in [0.1, 0.15) is 12.4 Å². The second kappa shape index (κ2) is 7.80. The maximum absolute atomic E-state index is 11.8. The molecule has 162 valence electrons. The van der Waals surface area contributed by atoms with Gasteiger partial charge in [0, 0.05) is 41.7 Å². The van der Waals surface area contributed by atoms with Crippen molar-refractivity contribution in [3.05, 3.63) is 54.6 Å². The fourth-order valence-corrected chi connectivity index (χ4v) is 7.08. The summed E-state index contributed by atoms with van der Waals surface area (Å²) in [5, 5.41) is 4.18. The lowest BCUT2D eigenvalue weighted by Crippen LogP contribution is -2.50. The van der Waals surface area contributed by atoms with Crippen molar-refractivity contribution in [1.29, 1.82) is 0 Å². The summed E-state index contributed by atoms with van der Waals surface area (Å²) in [6.07, 6.45) is 0.927. The molecule has 1 spiro atoms. The van der Waals surface area contributed by atoms with Gasteiger partial charge in [0.25, 0.3) is 0 Å². The molecule has 0 atom stereocenters. The highest BCUT2D eigenvalue weighted by Gasteiger charge is 2.52. The van der Waals surface area contributed by atoms with E-state index >= 15 is 0 Å². The first-order valence-corrected chi connectivity index (χ1v) is 12.5. The molecule has 6 nitrogen and oxygen atoms in total. The van der Waals surface area contributed by atoms with Crippen molar-refractivity contribution in [2.75, 3.05) is 49.7 Å². The van der Waals surface area contributed by atoms with Gasteiger partial charge in [-0.2, -0.15) is 0 Å². The zero-order valence-corrected chi connectivity index (χ0v) is 18.5. The number of para-hydroxylation sites is 1. The first kappa shape index (κ1) is 20.3. The molecule has 0 saturated carbocycles. The maximum Gasteiger partial charge on any atom is 0.151 e. The number of nitrogens with zero attached hydrogens (tertiary/aromatic N) is 2. The number of rotatable bonds is 6. The van der Waals surface area contributed by atoms with Crippen LogP contribution in [0.2, 0.25) is 0 Å². The second-order valence-corrected chi connectivity index (χ2v) is 10.8. The minimum atomic E-state index is -2.84. The van der Waals surface area contributed by atoms with Gasteiger partial charge in [-0.3, -0.25) is 0 Å². The molecule has 2 saturated heterocycles. The summed E-state index contributed by atoms with van der Waals surface area (Å²) >= 11 is 0. The quantitative estimate of drug-likeness (QED) is 0.598. The van der Waals surface area contributed by atoms with E-state index < -0.39 is 9.84 Å². The molecular weight excluding hydrogens is 410 g/mol. The highest BCUT2D eigenvalue weighted by molar-refractivity contribution is 7.92. The summed E-state index contributed by atoms with van der Waals surface area (Å²) in [6.45, 7) is 3.09. The lowest BCUT2D eigenvalue weighted by molar-refractivity contribution is 0.318. The molecule has 3 heterocycles. The zero-order chi connectivity index (χ0) is 21.5. The first-order valence-electron chi connectivity index (χ1n) is 10.7. The maximum atomic E-state index is 11.8. The van der Waals surface area contributed by atoms with Crippen LogP contribution in [0.1, 0.15) is 6.42 Å². The Morgan fingerprint density at radius 3 is 2.65 bits per heavy atom. The number of anilines is 1. The van der Waals surface area contributed by atoms with Gasteiger partial charge in [-0.1, -0.05) is 18.2 Å². The Morgan fingerprint density at radius 2 is 1.90 bits per heavy atom. The standard InChI is InChI=1S/C24H27N3O3S/c1-25-11-13-30-19-8-6-18(7-9-19)22-14-23(20-4-2-3-5-21(20)26-22)27-12-10-24(15-27)16-31(28,29)17-24/h2-9,14,25H,10-13,15-17H2,1H3. The van der Waals surface area contributed by atoms with E-state index in [0.29, 0.717) is 18.1 Å². The molecule has 0 amide bonds. The van der Waals surface area contributed by atoms with Crippen molar-refractivity contribution in [3.8, 4) is 17.0 Å². The van der Waals surface area contributed by atoms with Gasteiger partial charge in [-0.25, -0.2) is 13.4 Å². The van der Waals surface area contributed by atoms with Crippen LogP contribution in [0.15, 0.2) is 54.6 Å². The summed E-state index contributed by atoms with van der Waals surface area (Å²) in [6, 6.07) is 18.4. The topological polar surface area (TPSA) is 71.5 Å². The van der Waals surface area contributed by atoms with Crippen LogP contribution in [0.25, 0.3) is 22.2 Å². The third-order valence-corrected chi connectivity index (χ3v) is 8.40. The Bertz CT molecular complexity index is 1200. The van der Waals surface area contributed by atoms with Crippen LogP contribution in [-0.2, 0) is 9.84 Å². The Balaban J connectivity index is 1.46. The molecule has 1 aromatic heterocycles. The van der Waals surface area contributed by atoms with Crippen LogP contribution < -0.4 is 15.0 Å². The minimum absolute atomic E-state index is 0.0737. The van der Waals surface area contributed by atoms with Crippen LogP contribution >= 0.6 is 0 Å². The highest BCUT2D eigenvalue weighted by atomic mass is 32.2. The minimum Gasteiger partial charge on any atom is -0.492 e. The molecule has 7 heteroatoms. The second-order valence-electron chi connectivity index (χ2n) is 8.72. The summed E-state index contributed by atoms with van der Waals surface area (Å²) in [4.78, 5) is 7.25. The SMILES string of the molecule is CNCCOc1ccc(-c2cc(N3CCC4(C3)CS(=O)(=O)C4)c3ccccc3n2)cc1. The molecule has 1 N–H and O–H groups in total. The molecule has 5 rings (SSSR count). The fraction of sp³-hybridized carbons (Fsp3) is 0.375. The summed E-state index contributed by atoms with van der Waals surface area (Å²) in [7, 11) is -0.936. The van der Waals surface area contributed by atoms with Gasteiger partial charge in [0.2, 0.25) is 0 Å². The third kappa shape index (κ3) is 4.00. The zero-order valence-electron chi connectivity index (χ0n) is 17.7. The molecule has 2 aliphatic rings. The van der Waals surface area contributed by atoms with E-state index in [-0.39, 0.29) is 5.41 Å². The van der Waals surface area contributed by atoms with Gasteiger partial charge in [-0.15, -0.1) is 0 Å². The van der Waals surface area contributed by atoms with Gasteiger partial charge >= 0.3 is 0 Å². The molecule has 0 unspecified atom stereocenters. The van der Waals surface area contributed by atoms with E-state index in [0.717, 1.165) is 59.7 Å². The number of nitrogens with one attached hydrogen (secondary N) is 1. The van der Waals surface area contributed by atoms with Gasteiger partial charge in [0.15, 0.2) is 9.84 Å². The molecule has 0 bridgehead atoms. The van der Waals surface area contributed by atoms with Crippen molar-refractivity contribution < 1.29 is 13.2 Å². The number of pyridine rings is 1. The molecule has 2 fully saturated rings. The predicted octanol–water partition coefficient (Wildman–Crippen LogP) is 3.12. The Hall–Kier alpha value is -2.64. The lowest BCUT2D eigenvalue weighted by Gasteiger charge is -2.37. The Morgan fingerprint density at radius 1 is 1.13 bits per heavy atom. The average molecular weight is 438 g/mol. The fourth-order valence-electron chi connectivity index (χ4n) is 4.83. The monoisotopic (exact) mass is 437 g/mol. The normalized spacial score (nSPS) is 18.9. The van der Waals surface area contributed by atoms with Crippen LogP contribution in [0.4, 0.5) is 5.69 Å². The lowest BCUT2D eigenvalue weighted by atomic mass is 9.91. The molecule has 0 aliphatic carbocycles. The average Bonchev–Trinajstić information content (AvgIpc) is 3.17. The van der Waals surface area contributed by atoms with E-state index in [1.807, 2.05) is 49.5 Å². The number of likely N-dealkylation sites (N-methyl/N-ethyl adjacent to an activating group) is 1. The predicted molar refractivity (Wildman–Crippen MR) is 125 cm³/mol. The van der Waals surface area contributed by atoms with E-state index in [2.05, 4.69) is 22.3 Å². The van der Waals surface area contributed by atoms with Gasteiger partial charge in [0.05, 0.1) is 22.7 Å². The van der Waals surface area contributed by atoms with E-state index in [1.54, 1.807) is 0 Å². The first-order chi connectivity index (χ1) is 15.0. The number of ether oxygens (including phenoxy) is 1. The Labute approximate surface area is 183 Å². The van der Waals surface area contributed by atoms with Crippen molar-refractivity contribution in [3.63, 3.8) is 0 Å². The van der Waals surface area contributed by atoms with Crippen molar-refractivity contribution in [2.45, 2.75) is 6.42 Å². The van der Waals surface area contributed by atoms with Crippen LogP contribution in [0, 0.1) is 5.41 Å². The Kier molecular flexibility index (Phi) is 5.10. The van der Waals surface area contributed by atoms with Gasteiger partial charge in [-0.05, 0) is 49.9 Å². The van der Waals surface area contributed by atoms with Crippen LogP contribution in [0.5, 0.6) is 5.75 Å².